The van der Waals surface area contributed by atoms with Gasteiger partial charge >= 0.3 is 29.8 Å². The predicted octanol–water partition coefficient (Wildman–Crippen LogP) is 2.43. The number of piperazine rings is 1. The van der Waals surface area contributed by atoms with Gasteiger partial charge in [-0.15, -0.1) is 0 Å². The van der Waals surface area contributed by atoms with Crippen LogP contribution in [0.4, 0.5) is 10.1 Å². The van der Waals surface area contributed by atoms with Gasteiger partial charge in [-0.1, -0.05) is 12.7 Å². The number of benzene rings is 1. The molecule has 3 fully saturated rings. The van der Waals surface area contributed by atoms with Crippen LogP contribution in [-0.4, -0.2) is 123 Å². The first-order valence-electron chi connectivity index (χ1n) is 17.8. The summed E-state index contributed by atoms with van der Waals surface area (Å²) in [5, 5.41) is 0.117. The average Bonchev–Trinajstić information content (AvgIpc) is 3.96. The normalized spacial score (nSPS) is 23.0. The number of carbonyl (C=O) groups excluding carboxylic acids is 5. The lowest BCUT2D eigenvalue weighted by Crippen LogP contribution is -2.63. The molecule has 0 bridgehead atoms. The smallest absolute Gasteiger partial charge is 0.343 e. The summed E-state index contributed by atoms with van der Waals surface area (Å²) in [6.45, 7) is 10.7. The first kappa shape index (κ1) is 40.3. The van der Waals surface area contributed by atoms with Gasteiger partial charge in [0.15, 0.2) is 24.6 Å². The zero-order valence-corrected chi connectivity index (χ0v) is 30.8. The van der Waals surface area contributed by atoms with Crippen LogP contribution in [-0.2, 0) is 52.3 Å². The van der Waals surface area contributed by atoms with Crippen molar-refractivity contribution in [3.8, 4) is 0 Å². The second kappa shape index (κ2) is 18.0. The number of aromatic nitrogens is 1. The summed E-state index contributed by atoms with van der Waals surface area (Å²) < 4.78 is 56.0. The molecule has 16 nitrogen and oxygen atoms in total. The highest BCUT2D eigenvalue weighted by Gasteiger charge is 2.52. The van der Waals surface area contributed by atoms with Crippen LogP contribution in [0.2, 0.25) is 0 Å². The fourth-order valence-corrected chi connectivity index (χ4v) is 6.64. The van der Waals surface area contributed by atoms with E-state index in [1.165, 1.54) is 25.3 Å². The molecule has 0 amide bonds. The minimum Gasteiger partial charge on any atom is -0.463 e. The Balaban J connectivity index is 1.22. The number of esters is 5. The van der Waals surface area contributed by atoms with Crippen molar-refractivity contribution in [2.24, 2.45) is 0 Å². The average molecular weight is 760 g/mol. The second-order valence-corrected chi connectivity index (χ2v) is 13.3. The summed E-state index contributed by atoms with van der Waals surface area (Å²) in [6, 6.07) is 2.98. The topological polar surface area (TPSA) is 178 Å². The maximum absolute atomic E-state index is 15.6. The first-order chi connectivity index (χ1) is 25.8. The number of pyridine rings is 1. The lowest BCUT2D eigenvalue weighted by molar-refractivity contribution is -0.308. The number of ether oxygens (including phenoxy) is 7. The van der Waals surface area contributed by atoms with E-state index in [4.69, 9.17) is 33.2 Å². The highest BCUT2D eigenvalue weighted by molar-refractivity contribution is 5.94. The van der Waals surface area contributed by atoms with Gasteiger partial charge in [-0.05, 0) is 31.4 Å². The van der Waals surface area contributed by atoms with Crippen LogP contribution in [0.3, 0.4) is 0 Å². The van der Waals surface area contributed by atoms with Gasteiger partial charge in [-0.2, -0.15) is 0 Å². The van der Waals surface area contributed by atoms with E-state index in [1.807, 2.05) is 9.47 Å². The number of carbonyl (C=O) groups is 5. The molecule has 3 heterocycles. The molecular formula is C37H46FN3O13. The van der Waals surface area contributed by atoms with Crippen LogP contribution in [0.25, 0.3) is 10.9 Å². The van der Waals surface area contributed by atoms with E-state index in [2.05, 4.69) is 11.5 Å². The number of rotatable bonds is 15. The van der Waals surface area contributed by atoms with Crippen LogP contribution >= 0.6 is 0 Å². The summed E-state index contributed by atoms with van der Waals surface area (Å²) in [6.07, 6.45) is -1.10. The third-order valence-corrected chi connectivity index (χ3v) is 9.16. The van der Waals surface area contributed by atoms with Crippen LogP contribution in [0.1, 0.15) is 63.4 Å². The molecule has 5 rings (SSSR count). The molecule has 1 aromatic heterocycles. The lowest BCUT2D eigenvalue weighted by atomic mass is 9.98. The minimum absolute atomic E-state index is 0.0472. The molecule has 17 heteroatoms. The monoisotopic (exact) mass is 759 g/mol. The van der Waals surface area contributed by atoms with Crippen molar-refractivity contribution >= 4 is 46.4 Å². The van der Waals surface area contributed by atoms with E-state index >= 15 is 4.39 Å². The fraction of sp³-hybridized carbons (Fsp3) is 0.568. The quantitative estimate of drug-likeness (QED) is 0.112. The Labute approximate surface area is 311 Å². The molecular weight excluding hydrogens is 713 g/mol. The number of fused-ring (bicyclic) bond motifs is 1. The van der Waals surface area contributed by atoms with Crippen LogP contribution in [0, 0.1) is 5.82 Å². The number of hydrogen-bond donors (Lipinski definition) is 0. The molecule has 2 saturated heterocycles. The highest BCUT2D eigenvalue weighted by Crippen LogP contribution is 2.38. The van der Waals surface area contributed by atoms with Crippen molar-refractivity contribution in [1.29, 1.82) is 0 Å². The summed E-state index contributed by atoms with van der Waals surface area (Å²) in [7, 11) is 0. The van der Waals surface area contributed by atoms with Gasteiger partial charge in [0.1, 0.15) is 30.7 Å². The Morgan fingerprint density at radius 2 is 1.54 bits per heavy atom. The second-order valence-electron chi connectivity index (χ2n) is 13.3. The van der Waals surface area contributed by atoms with Crippen molar-refractivity contribution in [3.63, 3.8) is 0 Å². The van der Waals surface area contributed by atoms with Gasteiger partial charge < -0.3 is 42.6 Å². The number of hydrogen-bond acceptors (Lipinski definition) is 15. The van der Waals surface area contributed by atoms with Gasteiger partial charge in [0.05, 0.1) is 17.8 Å². The van der Waals surface area contributed by atoms with Gasteiger partial charge in [-0.25, -0.2) is 9.18 Å². The molecule has 1 saturated carbocycles. The summed E-state index contributed by atoms with van der Waals surface area (Å²) in [5.74, 6) is -4.15. The van der Waals surface area contributed by atoms with Crippen LogP contribution < -0.4 is 10.3 Å². The maximum Gasteiger partial charge on any atom is 0.343 e. The largest absolute Gasteiger partial charge is 0.463 e. The number of nitrogens with zero attached hydrogens (tertiary/aromatic N) is 3. The molecule has 2 aromatic rings. The molecule has 1 aliphatic carbocycles. The summed E-state index contributed by atoms with van der Waals surface area (Å²) >= 11 is 0. The third-order valence-electron chi connectivity index (χ3n) is 9.16. The predicted molar refractivity (Wildman–Crippen MR) is 188 cm³/mol. The molecule has 54 heavy (non-hydrogen) atoms. The Kier molecular flexibility index (Phi) is 13.4. The minimum atomic E-state index is -1.32. The third kappa shape index (κ3) is 10.0. The van der Waals surface area contributed by atoms with Crippen molar-refractivity contribution < 1.29 is 61.5 Å². The van der Waals surface area contributed by atoms with E-state index in [9.17, 15) is 28.8 Å². The Morgan fingerprint density at radius 3 is 2.15 bits per heavy atom. The van der Waals surface area contributed by atoms with Crippen LogP contribution in [0.5, 0.6) is 0 Å². The van der Waals surface area contributed by atoms with Crippen molar-refractivity contribution in [2.45, 2.75) is 83.7 Å². The van der Waals surface area contributed by atoms with Crippen molar-refractivity contribution in [3.05, 3.63) is 52.6 Å². The number of anilines is 1. The highest BCUT2D eigenvalue weighted by atomic mass is 19.1. The SMILES string of the molecule is C=CCOC(=O)c1cn(C2CC2)c2cc(N3CCN(CCCO[C@@H]4O[C@H](COC(C)=O)[C@@H](OC(C)=O)[C@H](OC(C)=O)[C@H]4OC(C)=O)CC3)c(F)cc2c1=O. The van der Waals surface area contributed by atoms with E-state index in [-0.39, 0.29) is 36.8 Å². The Hall–Kier alpha value is -4.87. The van der Waals surface area contributed by atoms with Crippen LogP contribution in [0.15, 0.2) is 35.8 Å². The molecule has 5 atom stereocenters. The molecule has 2 aliphatic heterocycles. The molecule has 0 radical (unpaired) electrons. The van der Waals surface area contributed by atoms with Gasteiger partial charge in [0.2, 0.25) is 5.43 Å². The Bertz CT molecular complexity index is 1800. The standard InChI is InChI=1S/C37H46FN3O13/c1-6-15-48-36(47)27-19-41(25-8-9-25)29-18-30(28(38)17-26(29)32(27)46)40-13-11-39(12-14-40)10-7-16-49-37-35(53-24(5)45)34(52-23(4)44)33(51-22(3)43)31(54-37)20-50-21(2)42/h6,17-19,25,31,33-35,37H,1,7-16,20H2,2-5H3/t31-,33-,34+,35-,37-/m1/s1. The van der Waals surface area contributed by atoms with Gasteiger partial charge in [-0.3, -0.25) is 28.9 Å². The molecule has 294 valence electrons. The molecule has 1 aromatic carbocycles. The fourth-order valence-electron chi connectivity index (χ4n) is 6.64. The molecule has 0 unspecified atom stereocenters. The molecule has 0 N–H and O–H groups in total. The summed E-state index contributed by atoms with van der Waals surface area (Å²) in [5.41, 5.74) is 0.193. The van der Waals surface area contributed by atoms with E-state index in [0.717, 1.165) is 33.6 Å². The molecule has 3 aliphatic rings. The zero-order chi connectivity index (χ0) is 39.1. The maximum atomic E-state index is 15.6. The van der Waals surface area contributed by atoms with Crippen molar-refractivity contribution in [2.75, 3.05) is 57.4 Å². The number of halogens is 1. The first-order valence-corrected chi connectivity index (χ1v) is 17.8. The van der Waals surface area contributed by atoms with Gasteiger partial charge in [0, 0.05) is 78.0 Å². The van der Waals surface area contributed by atoms with E-state index < -0.39 is 71.8 Å². The summed E-state index contributed by atoms with van der Waals surface area (Å²) in [4.78, 5) is 77.6. The van der Waals surface area contributed by atoms with E-state index in [0.29, 0.717) is 50.3 Å². The Morgan fingerprint density at radius 1 is 0.889 bits per heavy atom. The molecule has 0 spiro atoms. The van der Waals surface area contributed by atoms with E-state index in [1.54, 1.807) is 6.07 Å². The van der Waals surface area contributed by atoms with Gasteiger partial charge in [0.25, 0.3) is 0 Å². The van der Waals surface area contributed by atoms with Crippen molar-refractivity contribution in [1.82, 2.24) is 9.47 Å². The lowest BCUT2D eigenvalue weighted by Gasteiger charge is -2.44. The zero-order valence-electron chi connectivity index (χ0n) is 30.8.